The van der Waals surface area contributed by atoms with Crippen LogP contribution < -0.4 is 5.32 Å². The predicted octanol–water partition coefficient (Wildman–Crippen LogP) is 4.79. The molecule has 0 aliphatic heterocycles. The van der Waals surface area contributed by atoms with Crippen molar-refractivity contribution >= 4 is 17.7 Å². The van der Waals surface area contributed by atoms with Crippen LogP contribution in [0.25, 0.3) is 11.5 Å². The number of hydrogen-bond donors (Lipinski definition) is 1. The Morgan fingerprint density at radius 1 is 1.11 bits per heavy atom. The molecular weight excluding hydrogens is 377 g/mol. The SMILES string of the molecule is Cc1ccc(-c2nnc(SCC(=O)NC(c3ccc(F)cc3)C(C)C)o2)cc1. The number of carbonyl (C=O) groups excluding carboxylic acids is 1. The van der Waals surface area contributed by atoms with Crippen molar-refractivity contribution < 1.29 is 13.6 Å². The molecule has 2 aromatic carbocycles. The molecule has 1 atom stereocenters. The molecule has 0 aliphatic carbocycles. The molecule has 1 N–H and O–H groups in total. The van der Waals surface area contributed by atoms with E-state index in [2.05, 4.69) is 15.5 Å². The molecule has 146 valence electrons. The summed E-state index contributed by atoms with van der Waals surface area (Å²) in [7, 11) is 0. The number of nitrogens with one attached hydrogen (secondary N) is 1. The van der Waals surface area contributed by atoms with Crippen LogP contribution in [0.1, 0.15) is 31.0 Å². The van der Waals surface area contributed by atoms with Crippen LogP contribution in [0.3, 0.4) is 0 Å². The minimum absolute atomic E-state index is 0.150. The monoisotopic (exact) mass is 399 g/mol. The standard InChI is InChI=1S/C21H22FN3O2S/c1-13(2)19(15-8-10-17(22)11-9-15)23-18(26)12-28-21-25-24-20(27-21)16-6-4-14(3)5-7-16/h4-11,13,19H,12H2,1-3H3,(H,23,26). The van der Waals surface area contributed by atoms with Gasteiger partial charge in [-0.1, -0.05) is 55.4 Å². The third-order valence-corrected chi connectivity index (χ3v) is 5.06. The molecule has 0 radical (unpaired) electrons. The number of nitrogens with zero attached hydrogens (tertiary/aromatic N) is 2. The Bertz CT molecular complexity index is 924. The quantitative estimate of drug-likeness (QED) is 0.579. The second-order valence-electron chi connectivity index (χ2n) is 6.87. The summed E-state index contributed by atoms with van der Waals surface area (Å²) >= 11 is 1.19. The first kappa shape index (κ1) is 20.1. The molecule has 3 rings (SSSR count). The van der Waals surface area contributed by atoms with E-state index in [4.69, 9.17) is 4.42 Å². The van der Waals surface area contributed by atoms with Crippen LogP contribution in [-0.2, 0) is 4.79 Å². The fraction of sp³-hybridized carbons (Fsp3) is 0.286. The van der Waals surface area contributed by atoms with Gasteiger partial charge >= 0.3 is 0 Å². The second kappa shape index (κ2) is 9.01. The number of halogens is 1. The first-order chi connectivity index (χ1) is 13.4. The smallest absolute Gasteiger partial charge is 0.277 e. The van der Waals surface area contributed by atoms with Crippen molar-refractivity contribution in [2.45, 2.75) is 32.0 Å². The minimum atomic E-state index is -0.297. The van der Waals surface area contributed by atoms with Gasteiger partial charge in [0.25, 0.3) is 5.22 Å². The van der Waals surface area contributed by atoms with Crippen LogP contribution in [0.15, 0.2) is 58.2 Å². The maximum Gasteiger partial charge on any atom is 0.277 e. The molecule has 0 saturated carbocycles. The summed E-state index contributed by atoms with van der Waals surface area (Å²) in [6.07, 6.45) is 0. The van der Waals surface area contributed by atoms with Crippen molar-refractivity contribution in [3.63, 3.8) is 0 Å². The zero-order valence-corrected chi connectivity index (χ0v) is 16.8. The van der Waals surface area contributed by atoms with Gasteiger partial charge in [-0.3, -0.25) is 4.79 Å². The van der Waals surface area contributed by atoms with Crippen molar-refractivity contribution in [3.8, 4) is 11.5 Å². The maximum absolute atomic E-state index is 13.2. The van der Waals surface area contributed by atoms with Crippen molar-refractivity contribution in [2.75, 3.05) is 5.75 Å². The summed E-state index contributed by atoms with van der Waals surface area (Å²) in [5.74, 6) is 0.294. The number of amides is 1. The van der Waals surface area contributed by atoms with Crippen LogP contribution in [0.4, 0.5) is 4.39 Å². The van der Waals surface area contributed by atoms with Crippen LogP contribution in [0, 0.1) is 18.7 Å². The van der Waals surface area contributed by atoms with Gasteiger partial charge in [0.1, 0.15) is 5.82 Å². The zero-order chi connectivity index (χ0) is 20.1. The molecule has 28 heavy (non-hydrogen) atoms. The maximum atomic E-state index is 13.2. The van der Waals surface area contributed by atoms with Crippen LogP contribution >= 0.6 is 11.8 Å². The molecule has 3 aromatic rings. The number of thioether (sulfide) groups is 1. The first-order valence-corrected chi connectivity index (χ1v) is 9.99. The molecule has 1 unspecified atom stereocenters. The minimum Gasteiger partial charge on any atom is -0.411 e. The Hall–Kier alpha value is -2.67. The summed E-state index contributed by atoms with van der Waals surface area (Å²) < 4.78 is 18.8. The van der Waals surface area contributed by atoms with E-state index in [9.17, 15) is 9.18 Å². The molecule has 0 aliphatic rings. The molecule has 1 amide bonds. The van der Waals surface area contributed by atoms with Crippen molar-refractivity contribution in [3.05, 3.63) is 65.5 Å². The van der Waals surface area contributed by atoms with Crippen molar-refractivity contribution in [1.82, 2.24) is 15.5 Å². The number of benzene rings is 2. The average molecular weight is 399 g/mol. The number of hydrogen-bond acceptors (Lipinski definition) is 5. The summed E-state index contributed by atoms with van der Waals surface area (Å²) in [6.45, 7) is 6.02. The zero-order valence-electron chi connectivity index (χ0n) is 16.0. The molecule has 0 spiro atoms. The number of carbonyl (C=O) groups is 1. The Labute approximate surface area is 167 Å². The van der Waals surface area contributed by atoms with Gasteiger partial charge in [-0.25, -0.2) is 4.39 Å². The lowest BCUT2D eigenvalue weighted by Crippen LogP contribution is -2.33. The average Bonchev–Trinajstić information content (AvgIpc) is 3.15. The lowest BCUT2D eigenvalue weighted by atomic mass is 9.96. The summed E-state index contributed by atoms with van der Waals surface area (Å²) in [5.41, 5.74) is 2.86. The molecule has 0 saturated heterocycles. The molecule has 0 bridgehead atoms. The highest BCUT2D eigenvalue weighted by molar-refractivity contribution is 7.99. The van der Waals surface area contributed by atoms with E-state index in [1.807, 2.05) is 45.0 Å². The summed E-state index contributed by atoms with van der Waals surface area (Å²) in [4.78, 5) is 12.4. The Morgan fingerprint density at radius 3 is 2.43 bits per heavy atom. The largest absolute Gasteiger partial charge is 0.411 e. The number of aromatic nitrogens is 2. The van der Waals surface area contributed by atoms with Gasteiger partial charge in [-0.15, -0.1) is 10.2 Å². The van der Waals surface area contributed by atoms with Gasteiger partial charge in [0, 0.05) is 5.56 Å². The third-order valence-electron chi connectivity index (χ3n) is 4.24. The molecule has 0 fully saturated rings. The lowest BCUT2D eigenvalue weighted by Gasteiger charge is -2.22. The topological polar surface area (TPSA) is 68.0 Å². The van der Waals surface area contributed by atoms with Gasteiger partial charge in [-0.2, -0.15) is 0 Å². The van der Waals surface area contributed by atoms with E-state index in [-0.39, 0.29) is 29.4 Å². The normalized spacial score (nSPS) is 12.2. The highest BCUT2D eigenvalue weighted by atomic mass is 32.2. The molecule has 7 heteroatoms. The predicted molar refractivity (Wildman–Crippen MR) is 107 cm³/mol. The molecular formula is C21H22FN3O2S. The van der Waals surface area contributed by atoms with E-state index in [0.29, 0.717) is 11.1 Å². The van der Waals surface area contributed by atoms with E-state index in [0.717, 1.165) is 16.7 Å². The highest BCUT2D eigenvalue weighted by Crippen LogP contribution is 2.25. The van der Waals surface area contributed by atoms with Gasteiger partial charge in [0.15, 0.2) is 0 Å². The molecule has 5 nitrogen and oxygen atoms in total. The molecule has 1 heterocycles. The fourth-order valence-electron chi connectivity index (χ4n) is 2.73. The fourth-order valence-corrected chi connectivity index (χ4v) is 3.30. The van der Waals surface area contributed by atoms with Crippen molar-refractivity contribution in [2.24, 2.45) is 5.92 Å². The lowest BCUT2D eigenvalue weighted by molar-refractivity contribution is -0.119. The van der Waals surface area contributed by atoms with E-state index in [1.54, 1.807) is 12.1 Å². The van der Waals surface area contributed by atoms with E-state index < -0.39 is 0 Å². The second-order valence-corrected chi connectivity index (χ2v) is 7.80. The first-order valence-electron chi connectivity index (χ1n) is 9.00. The van der Waals surface area contributed by atoms with Gasteiger partial charge in [-0.05, 0) is 42.7 Å². The Balaban J connectivity index is 1.59. The summed E-state index contributed by atoms with van der Waals surface area (Å²) in [6, 6.07) is 13.8. The van der Waals surface area contributed by atoms with Gasteiger partial charge in [0.05, 0.1) is 11.8 Å². The Kier molecular flexibility index (Phi) is 6.46. The van der Waals surface area contributed by atoms with E-state index in [1.165, 1.54) is 23.9 Å². The van der Waals surface area contributed by atoms with Crippen LogP contribution in [0.2, 0.25) is 0 Å². The van der Waals surface area contributed by atoms with E-state index >= 15 is 0 Å². The van der Waals surface area contributed by atoms with Gasteiger partial charge < -0.3 is 9.73 Å². The van der Waals surface area contributed by atoms with Crippen LogP contribution in [0.5, 0.6) is 0 Å². The Morgan fingerprint density at radius 2 is 1.79 bits per heavy atom. The molecule has 1 aromatic heterocycles. The van der Waals surface area contributed by atoms with Crippen molar-refractivity contribution in [1.29, 1.82) is 0 Å². The summed E-state index contributed by atoms with van der Waals surface area (Å²) in [5, 5.41) is 11.4. The number of aryl methyl sites for hydroxylation is 1. The number of rotatable bonds is 7. The third kappa shape index (κ3) is 5.19. The van der Waals surface area contributed by atoms with Gasteiger partial charge in [0.2, 0.25) is 11.8 Å². The van der Waals surface area contributed by atoms with Crippen LogP contribution in [-0.4, -0.2) is 21.9 Å². The highest BCUT2D eigenvalue weighted by Gasteiger charge is 2.19.